The van der Waals surface area contributed by atoms with E-state index in [1.165, 1.54) is 13.0 Å². The highest BCUT2D eigenvalue weighted by Gasteiger charge is 2.13. The molecule has 1 saturated heterocycles. The Morgan fingerprint density at radius 3 is 3.00 bits per heavy atom. The summed E-state index contributed by atoms with van der Waals surface area (Å²) >= 11 is 0. The van der Waals surface area contributed by atoms with Crippen LogP contribution in [0, 0.1) is 0 Å². The minimum atomic E-state index is -0.150. The molecule has 1 rings (SSSR count). The summed E-state index contributed by atoms with van der Waals surface area (Å²) < 4.78 is 10.7. The Kier molecular flexibility index (Phi) is 4.62. The zero-order valence-corrected chi connectivity index (χ0v) is 8.49. The molecule has 0 radical (unpaired) electrons. The van der Waals surface area contributed by atoms with Gasteiger partial charge in [0.25, 0.3) is 0 Å². The molecule has 0 aromatic carbocycles. The van der Waals surface area contributed by atoms with Crippen molar-refractivity contribution in [2.24, 2.45) is 5.73 Å². The Bertz CT molecular complexity index is 219. The van der Waals surface area contributed by atoms with Crippen molar-refractivity contribution < 1.29 is 14.3 Å². The molecule has 2 N–H and O–H groups in total. The first kappa shape index (κ1) is 11.2. The molecule has 80 valence electrons. The van der Waals surface area contributed by atoms with Crippen LogP contribution >= 0.6 is 0 Å². The molecule has 1 fully saturated rings. The molecule has 0 aromatic rings. The van der Waals surface area contributed by atoms with Crippen LogP contribution in [0.5, 0.6) is 0 Å². The van der Waals surface area contributed by atoms with Gasteiger partial charge in [0.15, 0.2) is 12.1 Å². The van der Waals surface area contributed by atoms with Gasteiger partial charge < -0.3 is 15.2 Å². The Balaban J connectivity index is 2.21. The van der Waals surface area contributed by atoms with Crippen LogP contribution in [0.1, 0.15) is 26.2 Å². The maximum atomic E-state index is 10.7. The smallest absolute Gasteiger partial charge is 0.158 e. The van der Waals surface area contributed by atoms with Crippen LogP contribution in [0.3, 0.4) is 0 Å². The quantitative estimate of drug-likeness (QED) is 0.685. The maximum absolute atomic E-state index is 10.7. The second kappa shape index (κ2) is 5.78. The van der Waals surface area contributed by atoms with Crippen molar-refractivity contribution in [3.05, 3.63) is 11.8 Å². The van der Waals surface area contributed by atoms with Gasteiger partial charge in [-0.25, -0.2) is 0 Å². The topological polar surface area (TPSA) is 61.6 Å². The third kappa shape index (κ3) is 4.39. The summed E-state index contributed by atoms with van der Waals surface area (Å²) in [5.74, 6) is -0.0596. The number of nitrogens with two attached hydrogens (primary N) is 1. The molecule has 0 bridgehead atoms. The van der Waals surface area contributed by atoms with Crippen LogP contribution in [0.25, 0.3) is 0 Å². The van der Waals surface area contributed by atoms with E-state index in [0.29, 0.717) is 5.70 Å². The molecule has 1 aliphatic heterocycles. The van der Waals surface area contributed by atoms with Crippen molar-refractivity contribution in [3.63, 3.8) is 0 Å². The van der Waals surface area contributed by atoms with Crippen LogP contribution < -0.4 is 5.73 Å². The van der Waals surface area contributed by atoms with E-state index in [1.807, 2.05) is 0 Å². The van der Waals surface area contributed by atoms with Gasteiger partial charge in [0, 0.05) is 18.4 Å². The molecule has 0 aliphatic carbocycles. The molecule has 1 aliphatic rings. The molecule has 1 atom stereocenters. The molecule has 0 spiro atoms. The van der Waals surface area contributed by atoms with Gasteiger partial charge in [-0.1, -0.05) is 0 Å². The standard InChI is InChI=1S/C10H17NO3/c1-8(12)6-9(11)7-14-10-4-2-3-5-13-10/h6,10H,2-5,7,11H2,1H3/b9-6-. The minimum absolute atomic E-state index is 0.0596. The van der Waals surface area contributed by atoms with Crippen molar-refractivity contribution in [2.45, 2.75) is 32.5 Å². The molecule has 0 saturated carbocycles. The average Bonchev–Trinajstić information content (AvgIpc) is 2.15. The van der Waals surface area contributed by atoms with Crippen LogP contribution in [-0.2, 0) is 14.3 Å². The predicted octanol–water partition coefficient (Wildman–Crippen LogP) is 0.961. The zero-order chi connectivity index (χ0) is 10.4. The van der Waals surface area contributed by atoms with Crippen molar-refractivity contribution in [3.8, 4) is 0 Å². The fourth-order valence-electron chi connectivity index (χ4n) is 1.33. The largest absolute Gasteiger partial charge is 0.400 e. The Morgan fingerprint density at radius 2 is 2.43 bits per heavy atom. The summed E-state index contributed by atoms with van der Waals surface area (Å²) in [4.78, 5) is 10.7. The zero-order valence-electron chi connectivity index (χ0n) is 8.49. The highest BCUT2D eigenvalue weighted by atomic mass is 16.7. The highest BCUT2D eigenvalue weighted by Crippen LogP contribution is 2.13. The number of allylic oxidation sites excluding steroid dienone is 1. The Hall–Kier alpha value is -0.870. The second-order valence-electron chi connectivity index (χ2n) is 3.44. The summed E-state index contributed by atoms with van der Waals surface area (Å²) in [6, 6.07) is 0. The first-order valence-electron chi connectivity index (χ1n) is 4.88. The van der Waals surface area contributed by atoms with Gasteiger partial charge >= 0.3 is 0 Å². The van der Waals surface area contributed by atoms with E-state index in [9.17, 15) is 4.79 Å². The van der Waals surface area contributed by atoms with Crippen molar-refractivity contribution >= 4 is 5.78 Å². The molecular formula is C10H17NO3. The lowest BCUT2D eigenvalue weighted by molar-refractivity contribution is -0.157. The molecule has 4 heteroatoms. The highest BCUT2D eigenvalue weighted by molar-refractivity contribution is 5.87. The number of carbonyl (C=O) groups excluding carboxylic acids is 1. The lowest BCUT2D eigenvalue weighted by atomic mass is 10.2. The van der Waals surface area contributed by atoms with Gasteiger partial charge in [0.05, 0.1) is 6.61 Å². The number of rotatable bonds is 4. The SMILES string of the molecule is CC(=O)/C=C(\N)COC1CCCCO1. The summed E-state index contributed by atoms with van der Waals surface area (Å²) in [6.07, 6.45) is 4.36. The van der Waals surface area contributed by atoms with Gasteiger partial charge in [-0.3, -0.25) is 4.79 Å². The van der Waals surface area contributed by atoms with Crippen LogP contribution in [0.2, 0.25) is 0 Å². The molecule has 1 unspecified atom stereocenters. The fourth-order valence-corrected chi connectivity index (χ4v) is 1.33. The molecule has 4 nitrogen and oxygen atoms in total. The number of hydrogen-bond acceptors (Lipinski definition) is 4. The predicted molar refractivity (Wildman–Crippen MR) is 52.5 cm³/mol. The third-order valence-electron chi connectivity index (χ3n) is 1.96. The number of hydrogen-bond donors (Lipinski definition) is 1. The lowest BCUT2D eigenvalue weighted by Gasteiger charge is -2.22. The van der Waals surface area contributed by atoms with Crippen LogP contribution in [0.4, 0.5) is 0 Å². The monoisotopic (exact) mass is 199 g/mol. The van der Waals surface area contributed by atoms with Crippen molar-refractivity contribution in [2.75, 3.05) is 13.2 Å². The normalized spacial score (nSPS) is 23.5. The third-order valence-corrected chi connectivity index (χ3v) is 1.96. The molecule has 14 heavy (non-hydrogen) atoms. The molecule has 1 heterocycles. The number of ether oxygens (including phenoxy) is 2. The van der Waals surface area contributed by atoms with E-state index in [2.05, 4.69) is 0 Å². The van der Waals surface area contributed by atoms with Gasteiger partial charge in [0.1, 0.15) is 0 Å². The van der Waals surface area contributed by atoms with E-state index in [-0.39, 0.29) is 18.7 Å². The Labute approximate surface area is 84.1 Å². The van der Waals surface area contributed by atoms with Gasteiger partial charge in [-0.2, -0.15) is 0 Å². The summed E-state index contributed by atoms with van der Waals surface area (Å²) in [7, 11) is 0. The number of carbonyl (C=O) groups is 1. The summed E-state index contributed by atoms with van der Waals surface area (Å²) in [5, 5.41) is 0. The van der Waals surface area contributed by atoms with Crippen LogP contribution in [0.15, 0.2) is 11.8 Å². The van der Waals surface area contributed by atoms with Crippen molar-refractivity contribution in [1.29, 1.82) is 0 Å². The molecule has 0 aromatic heterocycles. The van der Waals surface area contributed by atoms with Gasteiger partial charge in [0.2, 0.25) is 0 Å². The van der Waals surface area contributed by atoms with Crippen LogP contribution in [-0.4, -0.2) is 25.3 Å². The fraction of sp³-hybridized carbons (Fsp3) is 0.700. The summed E-state index contributed by atoms with van der Waals surface area (Å²) in [6.45, 7) is 2.48. The number of ketones is 1. The maximum Gasteiger partial charge on any atom is 0.158 e. The summed E-state index contributed by atoms with van der Waals surface area (Å²) in [5.41, 5.74) is 6.00. The van der Waals surface area contributed by atoms with E-state index in [0.717, 1.165) is 25.9 Å². The van der Waals surface area contributed by atoms with E-state index in [1.54, 1.807) is 0 Å². The second-order valence-corrected chi connectivity index (χ2v) is 3.44. The molecular weight excluding hydrogens is 182 g/mol. The molecule has 0 amide bonds. The van der Waals surface area contributed by atoms with Crippen molar-refractivity contribution in [1.82, 2.24) is 0 Å². The van der Waals surface area contributed by atoms with Gasteiger partial charge in [-0.05, 0) is 26.2 Å². The van der Waals surface area contributed by atoms with E-state index in [4.69, 9.17) is 15.2 Å². The van der Waals surface area contributed by atoms with E-state index < -0.39 is 0 Å². The minimum Gasteiger partial charge on any atom is -0.400 e. The van der Waals surface area contributed by atoms with E-state index >= 15 is 0 Å². The first-order chi connectivity index (χ1) is 6.68. The lowest BCUT2D eigenvalue weighted by Crippen LogP contribution is -2.24. The van der Waals surface area contributed by atoms with Gasteiger partial charge in [-0.15, -0.1) is 0 Å². The first-order valence-corrected chi connectivity index (χ1v) is 4.88. The average molecular weight is 199 g/mol. The Morgan fingerprint density at radius 1 is 1.64 bits per heavy atom.